The number of anilines is 1. The van der Waals surface area contributed by atoms with E-state index >= 15 is 0 Å². The number of rotatable bonds is 5. The molecule has 0 amide bonds. The standard InChI is InChI=1S/C17H14N2O3S/c1-12-6-9-14(10-7-12)22-23(21)19-16-11-8-13-4-2-3-5-15(13)17(16)18-20/h2-11,19H,1H3. The molecule has 3 rings (SSSR count). The van der Waals surface area contributed by atoms with Crippen LogP contribution in [0.2, 0.25) is 0 Å². The Labute approximate surface area is 136 Å². The first-order valence-corrected chi connectivity index (χ1v) is 8.03. The predicted molar refractivity (Wildman–Crippen MR) is 93.0 cm³/mol. The predicted octanol–water partition coefficient (Wildman–Crippen LogP) is 4.62. The average Bonchev–Trinajstić information content (AvgIpc) is 2.57. The molecule has 0 saturated heterocycles. The van der Waals surface area contributed by atoms with Crippen LogP contribution in [0.1, 0.15) is 5.56 Å². The quantitative estimate of drug-likeness (QED) is 0.696. The highest BCUT2D eigenvalue weighted by molar-refractivity contribution is 7.82. The third-order valence-electron chi connectivity index (χ3n) is 3.38. The number of aryl methyl sites for hydroxylation is 1. The fraction of sp³-hybridized carbons (Fsp3) is 0.0588. The summed E-state index contributed by atoms with van der Waals surface area (Å²) in [6.07, 6.45) is 0. The molecule has 1 atom stereocenters. The lowest BCUT2D eigenvalue weighted by Gasteiger charge is -2.10. The van der Waals surface area contributed by atoms with Gasteiger partial charge in [-0.25, -0.2) is 0 Å². The van der Waals surface area contributed by atoms with Gasteiger partial charge in [0.25, 0.3) is 0 Å². The molecule has 3 aromatic carbocycles. The minimum atomic E-state index is -1.83. The summed E-state index contributed by atoms with van der Waals surface area (Å²) in [6.45, 7) is 1.95. The molecule has 0 radical (unpaired) electrons. The topological polar surface area (TPSA) is 67.8 Å². The smallest absolute Gasteiger partial charge is 0.316 e. The van der Waals surface area contributed by atoms with Crippen molar-refractivity contribution in [1.29, 1.82) is 0 Å². The molecule has 0 spiro atoms. The van der Waals surface area contributed by atoms with Crippen molar-refractivity contribution in [3.63, 3.8) is 0 Å². The highest BCUT2D eigenvalue weighted by Gasteiger charge is 2.11. The number of hydrogen-bond acceptors (Lipinski definition) is 4. The molecule has 0 aliphatic heterocycles. The summed E-state index contributed by atoms with van der Waals surface area (Å²) in [7, 11) is 0. The van der Waals surface area contributed by atoms with E-state index in [2.05, 4.69) is 9.90 Å². The first-order valence-electron chi connectivity index (χ1n) is 6.96. The van der Waals surface area contributed by atoms with Crippen LogP contribution in [0.3, 0.4) is 0 Å². The van der Waals surface area contributed by atoms with Crippen molar-refractivity contribution < 1.29 is 8.39 Å². The van der Waals surface area contributed by atoms with Crippen LogP contribution in [0, 0.1) is 11.8 Å². The molecular weight excluding hydrogens is 312 g/mol. The zero-order chi connectivity index (χ0) is 16.2. The summed E-state index contributed by atoms with van der Waals surface area (Å²) in [5.74, 6) is 0.475. The van der Waals surface area contributed by atoms with E-state index in [4.69, 9.17) is 4.18 Å². The number of nitrogens with one attached hydrogen (secondary N) is 1. The number of hydrogen-bond donors (Lipinski definition) is 1. The second kappa shape index (κ2) is 6.58. The summed E-state index contributed by atoms with van der Waals surface area (Å²) in [4.78, 5) is 11.2. The number of benzene rings is 3. The lowest BCUT2D eigenvalue weighted by atomic mass is 10.1. The fourth-order valence-corrected chi connectivity index (χ4v) is 2.90. The largest absolute Gasteiger partial charge is 0.385 e. The van der Waals surface area contributed by atoms with Crippen LogP contribution in [0.25, 0.3) is 10.8 Å². The Morgan fingerprint density at radius 1 is 1.00 bits per heavy atom. The third-order valence-corrected chi connectivity index (χ3v) is 4.11. The van der Waals surface area contributed by atoms with Crippen LogP contribution >= 0.6 is 0 Å². The van der Waals surface area contributed by atoms with Crippen LogP contribution in [0.15, 0.2) is 65.8 Å². The number of nitroso groups, excluding NO2 is 1. The fourth-order valence-electron chi connectivity index (χ4n) is 2.23. The van der Waals surface area contributed by atoms with Crippen LogP contribution in [0.4, 0.5) is 11.4 Å². The van der Waals surface area contributed by atoms with Crippen molar-refractivity contribution in [3.8, 4) is 5.75 Å². The Bertz CT molecular complexity index is 879. The Kier molecular flexibility index (Phi) is 4.34. The lowest BCUT2D eigenvalue weighted by Crippen LogP contribution is -2.11. The second-order valence-electron chi connectivity index (χ2n) is 5.01. The Morgan fingerprint density at radius 2 is 1.74 bits per heavy atom. The summed E-state index contributed by atoms with van der Waals surface area (Å²) in [5.41, 5.74) is 1.66. The Balaban J connectivity index is 1.84. The van der Waals surface area contributed by atoms with E-state index in [1.807, 2.05) is 43.3 Å². The van der Waals surface area contributed by atoms with Gasteiger partial charge in [0.2, 0.25) is 0 Å². The van der Waals surface area contributed by atoms with Crippen molar-refractivity contribution in [2.45, 2.75) is 6.92 Å². The normalized spacial score (nSPS) is 11.9. The molecule has 1 unspecified atom stereocenters. The van der Waals surface area contributed by atoms with Crippen molar-refractivity contribution in [2.24, 2.45) is 5.18 Å². The molecule has 3 aromatic rings. The molecule has 0 fully saturated rings. The van der Waals surface area contributed by atoms with Gasteiger partial charge in [0.05, 0.1) is 5.69 Å². The van der Waals surface area contributed by atoms with E-state index < -0.39 is 11.3 Å². The van der Waals surface area contributed by atoms with Gasteiger partial charge in [0, 0.05) is 5.39 Å². The first kappa shape index (κ1) is 15.2. The molecule has 23 heavy (non-hydrogen) atoms. The van der Waals surface area contributed by atoms with E-state index in [1.165, 1.54) is 0 Å². The molecule has 0 bridgehead atoms. The Morgan fingerprint density at radius 3 is 2.48 bits per heavy atom. The average molecular weight is 326 g/mol. The van der Waals surface area contributed by atoms with Crippen LogP contribution in [-0.2, 0) is 11.3 Å². The summed E-state index contributed by atoms with van der Waals surface area (Å²) < 4.78 is 20.1. The van der Waals surface area contributed by atoms with Gasteiger partial charge in [-0.05, 0) is 35.7 Å². The van der Waals surface area contributed by atoms with Gasteiger partial charge in [-0.3, -0.25) is 4.72 Å². The van der Waals surface area contributed by atoms with Crippen molar-refractivity contribution in [3.05, 3.63) is 71.1 Å². The molecule has 0 aliphatic rings. The summed E-state index contributed by atoms with van der Waals surface area (Å²) in [6, 6.07) is 18.0. The van der Waals surface area contributed by atoms with E-state index in [0.29, 0.717) is 16.8 Å². The van der Waals surface area contributed by atoms with Gasteiger partial charge in [-0.2, -0.15) is 4.21 Å². The van der Waals surface area contributed by atoms with Gasteiger partial charge < -0.3 is 4.18 Å². The van der Waals surface area contributed by atoms with Gasteiger partial charge >= 0.3 is 11.3 Å². The van der Waals surface area contributed by atoms with E-state index in [9.17, 15) is 9.12 Å². The molecule has 5 nitrogen and oxygen atoms in total. The van der Waals surface area contributed by atoms with Crippen LogP contribution in [0.5, 0.6) is 5.75 Å². The number of nitrogens with zero attached hydrogens (tertiary/aromatic N) is 1. The molecular formula is C17H14N2O3S. The highest BCUT2D eigenvalue weighted by atomic mass is 32.2. The minimum Gasteiger partial charge on any atom is -0.385 e. The third kappa shape index (κ3) is 3.37. The molecule has 1 N–H and O–H groups in total. The minimum absolute atomic E-state index is 0.212. The molecule has 0 aromatic heterocycles. The second-order valence-corrected chi connectivity index (χ2v) is 5.85. The number of fused-ring (bicyclic) bond motifs is 1. The van der Waals surface area contributed by atoms with Gasteiger partial charge in [0.15, 0.2) is 0 Å². The van der Waals surface area contributed by atoms with Crippen molar-refractivity contribution in [2.75, 3.05) is 4.72 Å². The molecule has 116 valence electrons. The maximum absolute atomic E-state index is 12.1. The van der Waals surface area contributed by atoms with E-state index in [1.54, 1.807) is 24.3 Å². The maximum atomic E-state index is 12.1. The van der Waals surface area contributed by atoms with Crippen molar-refractivity contribution >= 4 is 33.4 Å². The molecule has 0 aliphatic carbocycles. The molecule has 0 saturated carbocycles. The van der Waals surface area contributed by atoms with Gasteiger partial charge in [0.1, 0.15) is 11.4 Å². The Hall–Kier alpha value is -2.73. The van der Waals surface area contributed by atoms with Gasteiger partial charge in [-0.1, -0.05) is 48.0 Å². The summed E-state index contributed by atoms with van der Waals surface area (Å²) in [5, 5.41) is 4.65. The molecule has 0 heterocycles. The zero-order valence-corrected chi connectivity index (χ0v) is 13.2. The first-order chi connectivity index (χ1) is 11.2. The monoisotopic (exact) mass is 326 g/mol. The highest BCUT2D eigenvalue weighted by Crippen LogP contribution is 2.34. The van der Waals surface area contributed by atoms with Gasteiger partial charge in [-0.15, -0.1) is 4.91 Å². The van der Waals surface area contributed by atoms with Crippen molar-refractivity contribution in [1.82, 2.24) is 0 Å². The van der Waals surface area contributed by atoms with Crippen LogP contribution < -0.4 is 8.91 Å². The van der Waals surface area contributed by atoms with Crippen LogP contribution in [-0.4, -0.2) is 4.21 Å². The zero-order valence-electron chi connectivity index (χ0n) is 12.4. The molecule has 6 heteroatoms. The summed E-state index contributed by atoms with van der Waals surface area (Å²) >= 11 is -1.83. The van der Waals surface area contributed by atoms with E-state index in [-0.39, 0.29) is 5.69 Å². The van der Waals surface area contributed by atoms with E-state index in [0.717, 1.165) is 10.9 Å². The SMILES string of the molecule is Cc1ccc(OS(=O)Nc2ccc3ccccc3c2N=O)cc1. The maximum Gasteiger partial charge on any atom is 0.316 e. The lowest BCUT2D eigenvalue weighted by molar-refractivity contribution is 0.567.